The number of urea groups is 1. The van der Waals surface area contributed by atoms with Crippen LogP contribution in [0.4, 0.5) is 33.6 Å². The number of aromatic nitrogens is 2. The third-order valence-corrected chi connectivity index (χ3v) is 6.27. The summed E-state index contributed by atoms with van der Waals surface area (Å²) in [5, 5.41) is 3.14. The summed E-state index contributed by atoms with van der Waals surface area (Å²) in [6.45, 7) is 11.1. The van der Waals surface area contributed by atoms with Gasteiger partial charge in [0.05, 0.1) is 25.0 Å². The van der Waals surface area contributed by atoms with Crippen LogP contribution in [0.5, 0.6) is 5.75 Å². The molecule has 3 N–H and O–H groups in total. The van der Waals surface area contributed by atoms with E-state index in [1.807, 2.05) is 32.0 Å². The molecule has 4 rings (SSSR count). The van der Waals surface area contributed by atoms with Crippen molar-refractivity contribution in [2.75, 3.05) is 55.1 Å². The average Bonchev–Trinajstić information content (AvgIpc) is 2.88. The fourth-order valence-electron chi connectivity index (χ4n) is 3.93. The Morgan fingerprint density at radius 2 is 1.81 bits per heavy atom. The van der Waals surface area contributed by atoms with E-state index in [-0.39, 0.29) is 6.03 Å². The third-order valence-electron chi connectivity index (χ3n) is 6.27. The Labute approximate surface area is 213 Å². The van der Waals surface area contributed by atoms with Crippen molar-refractivity contribution >= 4 is 34.9 Å². The Kier molecular flexibility index (Phi) is 8.71. The van der Waals surface area contributed by atoms with Gasteiger partial charge in [-0.05, 0) is 57.2 Å². The molecule has 2 aromatic carbocycles. The highest BCUT2D eigenvalue weighted by molar-refractivity contribution is 6.05. The Hall–Kier alpha value is -3.85. The number of rotatable bonds is 6. The molecule has 1 aliphatic rings. The molecule has 1 aromatic heterocycles. The number of nitrogen functional groups attached to an aromatic ring is 1. The molecule has 0 spiro atoms. The first-order valence-corrected chi connectivity index (χ1v) is 12.1. The predicted octanol–water partition coefficient (Wildman–Crippen LogP) is 4.96. The lowest BCUT2D eigenvalue weighted by molar-refractivity contribution is 0.251. The lowest BCUT2D eigenvalue weighted by Gasteiger charge is -2.35. The minimum Gasteiger partial charge on any atom is -0.494 e. The first kappa shape index (κ1) is 26.7. The molecule has 0 unspecified atom stereocenters. The normalized spacial score (nSPS) is 12.7. The summed E-state index contributed by atoms with van der Waals surface area (Å²) in [6, 6.07) is 11.2. The Balaban J connectivity index is 0.000000538. The van der Waals surface area contributed by atoms with E-state index in [0.29, 0.717) is 35.4 Å². The van der Waals surface area contributed by atoms with E-state index in [1.165, 1.54) is 0 Å². The summed E-state index contributed by atoms with van der Waals surface area (Å²) >= 11 is 0. The maximum Gasteiger partial charge on any atom is 0.330 e. The number of hydrogen-bond donors (Lipinski definition) is 2. The van der Waals surface area contributed by atoms with Crippen molar-refractivity contribution in [3.8, 4) is 5.75 Å². The number of carbonyl (C=O) groups excluding carboxylic acids is 1. The van der Waals surface area contributed by atoms with Crippen LogP contribution < -0.4 is 25.6 Å². The molecule has 0 saturated heterocycles. The van der Waals surface area contributed by atoms with E-state index < -0.39 is 0 Å². The van der Waals surface area contributed by atoms with Crippen molar-refractivity contribution < 1.29 is 9.53 Å². The number of para-hydroxylation sites is 1. The van der Waals surface area contributed by atoms with Gasteiger partial charge < -0.3 is 20.7 Å². The van der Waals surface area contributed by atoms with Gasteiger partial charge in [-0.15, -0.1) is 0 Å². The first-order chi connectivity index (χ1) is 17.2. The lowest BCUT2D eigenvalue weighted by atomic mass is 10.1. The Bertz CT molecular complexity index is 1190. The van der Waals surface area contributed by atoms with Crippen LogP contribution in [0.3, 0.4) is 0 Å². The Morgan fingerprint density at radius 3 is 2.39 bits per heavy atom. The number of methoxy groups -OCH3 is 1. The van der Waals surface area contributed by atoms with Crippen molar-refractivity contribution in [2.24, 2.45) is 0 Å². The number of nitrogens with two attached hydrogens (primary N) is 1. The summed E-state index contributed by atoms with van der Waals surface area (Å²) in [7, 11) is 5.41. The highest BCUT2D eigenvalue weighted by Crippen LogP contribution is 2.34. The fraction of sp³-hybridized carbons (Fsp3) is 0.370. The molecular formula is C27H37N7O2. The van der Waals surface area contributed by atoms with Crippen molar-refractivity contribution in [1.82, 2.24) is 14.9 Å². The number of amides is 2. The third kappa shape index (κ3) is 5.85. The number of ether oxygens (including phenoxy) is 1. The standard InChI is InChI=1S/C22H24N6O2.C5H13N/c1-13-6-5-7-14(2)19(13)28-12-15-11-24-21(26-20(15)27(3)22(28)29)25-17-9-8-16(23)10-18(17)30-4;1-4-6(3)5-2/h5-11H,12,23H2,1-4H3,(H,24,25,26);4-5H2,1-3H3. The number of hydrogen-bond acceptors (Lipinski definition) is 7. The molecule has 2 amide bonds. The van der Waals surface area contributed by atoms with E-state index in [4.69, 9.17) is 10.5 Å². The molecule has 192 valence electrons. The molecule has 0 radical (unpaired) electrons. The Morgan fingerprint density at radius 1 is 1.14 bits per heavy atom. The molecule has 0 atom stereocenters. The van der Waals surface area contributed by atoms with Crippen LogP contribution in [-0.2, 0) is 6.54 Å². The SMILES string of the molecule is CCN(C)CC.COc1cc(N)ccc1Nc1ncc2c(n1)N(C)C(=O)N(c1c(C)cccc1C)C2. The number of nitrogens with one attached hydrogen (secondary N) is 1. The van der Waals surface area contributed by atoms with Crippen LogP contribution in [0.1, 0.15) is 30.5 Å². The zero-order valence-corrected chi connectivity index (χ0v) is 22.3. The molecule has 36 heavy (non-hydrogen) atoms. The van der Waals surface area contributed by atoms with E-state index in [2.05, 4.69) is 41.1 Å². The first-order valence-electron chi connectivity index (χ1n) is 12.1. The van der Waals surface area contributed by atoms with Gasteiger partial charge in [-0.2, -0.15) is 4.98 Å². The maximum absolute atomic E-state index is 13.1. The summed E-state index contributed by atoms with van der Waals surface area (Å²) in [4.78, 5) is 27.7. The van der Waals surface area contributed by atoms with Crippen molar-refractivity contribution in [1.29, 1.82) is 0 Å². The minimum absolute atomic E-state index is 0.130. The molecule has 0 aliphatic carbocycles. The molecular weight excluding hydrogens is 454 g/mol. The smallest absolute Gasteiger partial charge is 0.330 e. The second-order valence-corrected chi connectivity index (χ2v) is 8.78. The minimum atomic E-state index is -0.130. The van der Waals surface area contributed by atoms with Crippen molar-refractivity contribution in [3.63, 3.8) is 0 Å². The van der Waals surface area contributed by atoms with Crippen LogP contribution in [0.25, 0.3) is 0 Å². The quantitative estimate of drug-likeness (QED) is 0.470. The van der Waals surface area contributed by atoms with Gasteiger partial charge in [-0.25, -0.2) is 9.78 Å². The highest BCUT2D eigenvalue weighted by Gasteiger charge is 2.32. The van der Waals surface area contributed by atoms with Crippen molar-refractivity contribution in [3.05, 3.63) is 59.3 Å². The van der Waals surface area contributed by atoms with Crippen LogP contribution >= 0.6 is 0 Å². The van der Waals surface area contributed by atoms with E-state index in [9.17, 15) is 4.79 Å². The van der Waals surface area contributed by atoms with Crippen LogP contribution in [0, 0.1) is 13.8 Å². The second-order valence-electron chi connectivity index (χ2n) is 8.78. The molecule has 0 fully saturated rings. The number of benzene rings is 2. The topological polar surface area (TPSA) is 99.9 Å². The average molecular weight is 492 g/mol. The predicted molar refractivity (Wildman–Crippen MR) is 147 cm³/mol. The van der Waals surface area contributed by atoms with Gasteiger partial charge in [0.1, 0.15) is 11.6 Å². The van der Waals surface area contributed by atoms with Gasteiger partial charge in [0.2, 0.25) is 5.95 Å². The number of aryl methyl sites for hydroxylation is 2. The summed E-state index contributed by atoms with van der Waals surface area (Å²) in [6.07, 6.45) is 1.75. The molecule has 0 saturated carbocycles. The summed E-state index contributed by atoms with van der Waals surface area (Å²) < 4.78 is 5.37. The van der Waals surface area contributed by atoms with E-state index >= 15 is 0 Å². The number of fused-ring (bicyclic) bond motifs is 1. The van der Waals surface area contributed by atoms with Gasteiger partial charge in [0.25, 0.3) is 0 Å². The molecule has 1 aliphatic heterocycles. The molecule has 2 heterocycles. The number of anilines is 5. The lowest BCUT2D eigenvalue weighted by Crippen LogP contribution is -2.46. The molecule has 3 aromatic rings. The summed E-state index contributed by atoms with van der Waals surface area (Å²) in [5.41, 5.74) is 11.0. The molecule has 9 nitrogen and oxygen atoms in total. The maximum atomic E-state index is 13.1. The van der Waals surface area contributed by atoms with Gasteiger partial charge in [-0.1, -0.05) is 32.0 Å². The second kappa shape index (κ2) is 11.7. The zero-order valence-electron chi connectivity index (χ0n) is 22.3. The van der Waals surface area contributed by atoms with Gasteiger partial charge in [0, 0.05) is 30.6 Å². The van der Waals surface area contributed by atoms with E-state index in [0.717, 1.165) is 35.5 Å². The molecule has 9 heteroatoms. The van der Waals surface area contributed by atoms with Gasteiger partial charge in [0.15, 0.2) is 0 Å². The highest BCUT2D eigenvalue weighted by atomic mass is 16.5. The van der Waals surface area contributed by atoms with Crippen LogP contribution in [0.2, 0.25) is 0 Å². The van der Waals surface area contributed by atoms with Gasteiger partial charge in [-0.3, -0.25) is 9.80 Å². The largest absolute Gasteiger partial charge is 0.494 e. The molecule has 0 bridgehead atoms. The van der Waals surface area contributed by atoms with Crippen LogP contribution in [0.15, 0.2) is 42.6 Å². The van der Waals surface area contributed by atoms with Crippen LogP contribution in [-0.4, -0.2) is 55.2 Å². The monoisotopic (exact) mass is 491 g/mol. The zero-order chi connectivity index (χ0) is 26.4. The fourth-order valence-corrected chi connectivity index (χ4v) is 3.93. The number of nitrogens with zero attached hydrogens (tertiary/aromatic N) is 5. The number of carbonyl (C=O) groups is 1. The van der Waals surface area contributed by atoms with Gasteiger partial charge >= 0.3 is 6.03 Å². The van der Waals surface area contributed by atoms with Crippen molar-refractivity contribution in [2.45, 2.75) is 34.2 Å². The van der Waals surface area contributed by atoms with E-state index in [1.54, 1.807) is 48.4 Å². The summed E-state index contributed by atoms with van der Waals surface area (Å²) in [5.74, 6) is 1.54.